The molecule has 1 atom stereocenters. The molecule has 0 aliphatic carbocycles. The zero-order chi connectivity index (χ0) is 12.1. The molecule has 0 aromatic carbocycles. The van der Waals surface area contributed by atoms with E-state index in [0.29, 0.717) is 6.42 Å². The second-order valence-electron chi connectivity index (χ2n) is 3.43. The molecular weight excluding hydrogens is 270 g/mol. The lowest BCUT2D eigenvalue weighted by atomic mass is 10.2. The summed E-state index contributed by atoms with van der Waals surface area (Å²) in [6.45, 7) is 1.98. The van der Waals surface area contributed by atoms with E-state index >= 15 is 0 Å². The summed E-state index contributed by atoms with van der Waals surface area (Å²) in [5.41, 5.74) is 0. The van der Waals surface area contributed by atoms with Gasteiger partial charge in [0.25, 0.3) is 0 Å². The Morgan fingerprint density at radius 2 is 2.31 bits per heavy atom. The third-order valence-corrected chi connectivity index (χ3v) is 3.12. The topological polar surface area (TPSA) is 64.8 Å². The Morgan fingerprint density at radius 3 is 2.88 bits per heavy atom. The van der Waals surface area contributed by atoms with Crippen LogP contribution in [0.4, 0.5) is 11.6 Å². The molecule has 1 unspecified atom stereocenters. The predicted molar refractivity (Wildman–Crippen MR) is 67.4 cm³/mol. The zero-order valence-corrected chi connectivity index (χ0v) is 11.1. The fourth-order valence-corrected chi connectivity index (χ4v) is 1.94. The molecular formula is C10H14BrN5. The maximum atomic E-state index is 8.67. The van der Waals surface area contributed by atoms with Gasteiger partial charge in [-0.25, -0.2) is 9.97 Å². The van der Waals surface area contributed by atoms with Gasteiger partial charge in [0.05, 0.1) is 12.5 Å². The molecule has 0 saturated heterocycles. The Bertz CT molecular complexity index is 401. The minimum Gasteiger partial charge on any atom is -0.372 e. The van der Waals surface area contributed by atoms with Crippen LogP contribution in [0.15, 0.2) is 10.8 Å². The van der Waals surface area contributed by atoms with Crippen LogP contribution in [0.25, 0.3) is 0 Å². The van der Waals surface area contributed by atoms with Gasteiger partial charge >= 0.3 is 0 Å². The summed E-state index contributed by atoms with van der Waals surface area (Å²) in [5.74, 6) is 1.52. The molecule has 1 rings (SSSR count). The molecule has 86 valence electrons. The molecule has 5 nitrogen and oxygen atoms in total. The SMILES string of the molecule is CNc1ncnc(N(C)C(C)CC#N)c1Br. The van der Waals surface area contributed by atoms with Gasteiger partial charge in [-0.05, 0) is 22.9 Å². The highest BCUT2D eigenvalue weighted by atomic mass is 79.9. The molecule has 1 N–H and O–H groups in total. The molecule has 0 amide bonds. The van der Waals surface area contributed by atoms with E-state index in [-0.39, 0.29) is 6.04 Å². The van der Waals surface area contributed by atoms with E-state index in [1.165, 1.54) is 6.33 Å². The Balaban J connectivity index is 3.00. The average Bonchev–Trinajstić information content (AvgIpc) is 2.29. The largest absolute Gasteiger partial charge is 0.372 e. The number of nitriles is 1. The van der Waals surface area contributed by atoms with Gasteiger partial charge in [-0.3, -0.25) is 0 Å². The van der Waals surface area contributed by atoms with Crippen molar-refractivity contribution in [3.8, 4) is 6.07 Å². The number of nitrogens with one attached hydrogen (secondary N) is 1. The third-order valence-electron chi connectivity index (χ3n) is 2.39. The highest BCUT2D eigenvalue weighted by molar-refractivity contribution is 9.10. The van der Waals surface area contributed by atoms with Crippen molar-refractivity contribution in [3.05, 3.63) is 10.8 Å². The van der Waals surface area contributed by atoms with Gasteiger partial charge in [0.1, 0.15) is 22.4 Å². The van der Waals surface area contributed by atoms with Crippen molar-refractivity contribution in [3.63, 3.8) is 0 Å². The molecule has 6 heteroatoms. The lowest BCUT2D eigenvalue weighted by molar-refractivity contribution is 0.691. The van der Waals surface area contributed by atoms with Gasteiger partial charge in [-0.15, -0.1) is 0 Å². The van der Waals surface area contributed by atoms with E-state index in [9.17, 15) is 0 Å². The number of aromatic nitrogens is 2. The summed E-state index contributed by atoms with van der Waals surface area (Å²) in [6.07, 6.45) is 1.96. The van der Waals surface area contributed by atoms with Crippen LogP contribution in [0.3, 0.4) is 0 Å². The fourth-order valence-electron chi connectivity index (χ4n) is 1.26. The first-order valence-corrected chi connectivity index (χ1v) is 5.69. The molecule has 0 aliphatic heterocycles. The fraction of sp³-hybridized carbons (Fsp3) is 0.500. The number of nitrogens with zero attached hydrogens (tertiary/aromatic N) is 4. The van der Waals surface area contributed by atoms with Crippen LogP contribution in [-0.2, 0) is 0 Å². The number of rotatable bonds is 4. The van der Waals surface area contributed by atoms with E-state index in [1.54, 1.807) is 7.05 Å². The molecule has 0 aliphatic rings. The summed E-state index contributed by atoms with van der Waals surface area (Å²) < 4.78 is 0.810. The highest BCUT2D eigenvalue weighted by Gasteiger charge is 2.16. The first kappa shape index (κ1) is 12.7. The minimum absolute atomic E-state index is 0.112. The number of hydrogen-bond donors (Lipinski definition) is 1. The number of anilines is 2. The van der Waals surface area contributed by atoms with Crippen molar-refractivity contribution >= 4 is 27.6 Å². The molecule has 1 heterocycles. The standard InChI is InChI=1S/C10H14BrN5/c1-7(4-5-12)16(3)10-8(11)9(13-2)14-6-15-10/h6-7H,4H2,1-3H3,(H,13,14,15). The van der Waals surface area contributed by atoms with E-state index < -0.39 is 0 Å². The van der Waals surface area contributed by atoms with Gasteiger partial charge in [0, 0.05) is 20.1 Å². The molecule has 0 fully saturated rings. The lowest BCUT2D eigenvalue weighted by Crippen LogP contribution is -2.29. The van der Waals surface area contributed by atoms with Crippen LogP contribution in [0, 0.1) is 11.3 Å². The second kappa shape index (κ2) is 5.66. The van der Waals surface area contributed by atoms with E-state index in [1.807, 2.05) is 18.9 Å². The highest BCUT2D eigenvalue weighted by Crippen LogP contribution is 2.29. The molecule has 0 saturated carbocycles. The summed E-state index contributed by atoms with van der Waals surface area (Å²) in [6, 6.07) is 2.26. The summed E-state index contributed by atoms with van der Waals surface area (Å²) >= 11 is 3.45. The summed E-state index contributed by atoms with van der Waals surface area (Å²) in [7, 11) is 3.71. The van der Waals surface area contributed by atoms with Gasteiger partial charge in [-0.2, -0.15) is 5.26 Å². The summed E-state index contributed by atoms with van der Waals surface area (Å²) in [4.78, 5) is 10.2. The van der Waals surface area contributed by atoms with Crippen LogP contribution in [0.5, 0.6) is 0 Å². The Labute approximate surface area is 104 Å². The molecule has 0 bridgehead atoms. The van der Waals surface area contributed by atoms with Crippen molar-refractivity contribution in [1.29, 1.82) is 5.26 Å². The van der Waals surface area contributed by atoms with Crippen LogP contribution in [0.1, 0.15) is 13.3 Å². The van der Waals surface area contributed by atoms with Gasteiger partial charge in [0.15, 0.2) is 0 Å². The minimum atomic E-state index is 0.112. The second-order valence-corrected chi connectivity index (χ2v) is 4.23. The van der Waals surface area contributed by atoms with Crippen molar-refractivity contribution in [1.82, 2.24) is 9.97 Å². The van der Waals surface area contributed by atoms with E-state index in [2.05, 4.69) is 37.3 Å². The van der Waals surface area contributed by atoms with Crippen LogP contribution in [0.2, 0.25) is 0 Å². The molecule has 1 aromatic heterocycles. The Morgan fingerprint density at radius 1 is 1.62 bits per heavy atom. The van der Waals surface area contributed by atoms with Crippen molar-refractivity contribution in [2.75, 3.05) is 24.3 Å². The first-order chi connectivity index (χ1) is 7.61. The van der Waals surface area contributed by atoms with Crippen LogP contribution < -0.4 is 10.2 Å². The molecule has 1 aromatic rings. The summed E-state index contributed by atoms with van der Waals surface area (Å²) in [5, 5.41) is 11.6. The van der Waals surface area contributed by atoms with Gasteiger partial charge < -0.3 is 10.2 Å². The van der Waals surface area contributed by atoms with Crippen LogP contribution in [-0.4, -0.2) is 30.1 Å². The average molecular weight is 284 g/mol. The monoisotopic (exact) mass is 283 g/mol. The zero-order valence-electron chi connectivity index (χ0n) is 9.53. The quantitative estimate of drug-likeness (QED) is 0.916. The molecule has 0 spiro atoms. The molecule has 0 radical (unpaired) electrons. The van der Waals surface area contributed by atoms with Crippen molar-refractivity contribution in [2.45, 2.75) is 19.4 Å². The van der Waals surface area contributed by atoms with Crippen molar-refractivity contribution in [2.24, 2.45) is 0 Å². The lowest BCUT2D eigenvalue weighted by Gasteiger charge is -2.25. The normalized spacial score (nSPS) is 11.7. The molecule has 16 heavy (non-hydrogen) atoms. The van der Waals surface area contributed by atoms with Gasteiger partial charge in [0.2, 0.25) is 0 Å². The Hall–Kier alpha value is -1.35. The Kier molecular flexibility index (Phi) is 4.50. The number of halogens is 1. The smallest absolute Gasteiger partial charge is 0.148 e. The number of hydrogen-bond acceptors (Lipinski definition) is 5. The third kappa shape index (κ3) is 2.61. The van der Waals surface area contributed by atoms with Gasteiger partial charge in [-0.1, -0.05) is 0 Å². The maximum Gasteiger partial charge on any atom is 0.148 e. The van der Waals surface area contributed by atoms with Crippen LogP contribution >= 0.6 is 15.9 Å². The first-order valence-electron chi connectivity index (χ1n) is 4.89. The van der Waals surface area contributed by atoms with E-state index in [0.717, 1.165) is 16.1 Å². The van der Waals surface area contributed by atoms with Crippen molar-refractivity contribution < 1.29 is 0 Å². The van der Waals surface area contributed by atoms with E-state index in [4.69, 9.17) is 5.26 Å². The maximum absolute atomic E-state index is 8.67. The predicted octanol–water partition coefficient (Wildman–Crippen LogP) is 2.02.